The summed E-state index contributed by atoms with van der Waals surface area (Å²) >= 11 is 0. The molecule has 0 amide bonds. The molecule has 1 N–H and O–H groups in total. The van der Waals surface area contributed by atoms with E-state index in [1.54, 1.807) is 0 Å². The molecular formula is C27H23N. The zero-order valence-electron chi connectivity index (χ0n) is 16.0. The lowest BCUT2D eigenvalue weighted by atomic mass is 9.98. The molecule has 0 aromatic heterocycles. The fourth-order valence-corrected chi connectivity index (χ4v) is 3.26. The van der Waals surface area contributed by atoms with Crippen molar-refractivity contribution in [3.05, 3.63) is 120 Å². The summed E-state index contributed by atoms with van der Waals surface area (Å²) in [4.78, 5) is 0. The standard InChI is InChI=1S/C27H23N/c1-21-9-5-8-14-27(21)28-25-19-17-24(18-20-25)26-13-7-6-12-23(26)16-15-22-10-3-2-4-11-22/h2-20,28H,1H3. The van der Waals surface area contributed by atoms with E-state index >= 15 is 0 Å². The van der Waals surface area contributed by atoms with Crippen molar-refractivity contribution in [3.63, 3.8) is 0 Å². The number of benzene rings is 4. The van der Waals surface area contributed by atoms with Gasteiger partial charge in [0.25, 0.3) is 0 Å². The summed E-state index contributed by atoms with van der Waals surface area (Å²) < 4.78 is 0. The highest BCUT2D eigenvalue weighted by Gasteiger charge is 2.03. The van der Waals surface area contributed by atoms with Crippen molar-refractivity contribution in [1.29, 1.82) is 0 Å². The molecule has 0 unspecified atom stereocenters. The van der Waals surface area contributed by atoms with Gasteiger partial charge in [0.15, 0.2) is 0 Å². The van der Waals surface area contributed by atoms with Crippen molar-refractivity contribution in [2.24, 2.45) is 0 Å². The molecular weight excluding hydrogens is 338 g/mol. The Morgan fingerprint density at radius 2 is 1.29 bits per heavy atom. The van der Waals surface area contributed by atoms with E-state index in [1.165, 1.54) is 27.8 Å². The third-order valence-corrected chi connectivity index (χ3v) is 4.84. The van der Waals surface area contributed by atoms with E-state index in [-0.39, 0.29) is 0 Å². The Kier molecular flexibility index (Phi) is 5.35. The third kappa shape index (κ3) is 4.21. The first-order chi connectivity index (χ1) is 13.8. The number of nitrogens with one attached hydrogen (secondary N) is 1. The average molecular weight is 361 g/mol. The number of para-hydroxylation sites is 1. The van der Waals surface area contributed by atoms with Gasteiger partial charge in [0.05, 0.1) is 0 Å². The van der Waals surface area contributed by atoms with Crippen molar-refractivity contribution in [1.82, 2.24) is 0 Å². The summed E-state index contributed by atoms with van der Waals surface area (Å²) in [6.07, 6.45) is 4.34. The Bertz CT molecular complexity index is 1080. The van der Waals surface area contributed by atoms with E-state index in [0.717, 1.165) is 11.4 Å². The first-order valence-corrected chi connectivity index (χ1v) is 9.55. The molecule has 0 heterocycles. The van der Waals surface area contributed by atoms with Gasteiger partial charge in [0.2, 0.25) is 0 Å². The molecule has 1 nitrogen and oxygen atoms in total. The van der Waals surface area contributed by atoms with Crippen LogP contribution in [0, 0.1) is 6.92 Å². The van der Waals surface area contributed by atoms with Crippen LogP contribution in [0.2, 0.25) is 0 Å². The van der Waals surface area contributed by atoms with Crippen LogP contribution in [0.4, 0.5) is 11.4 Å². The van der Waals surface area contributed by atoms with Crippen molar-refractivity contribution in [2.75, 3.05) is 5.32 Å². The van der Waals surface area contributed by atoms with Gasteiger partial charge in [-0.2, -0.15) is 0 Å². The molecule has 0 aliphatic rings. The smallest absolute Gasteiger partial charge is 0.0413 e. The lowest BCUT2D eigenvalue weighted by molar-refractivity contribution is 1.43. The van der Waals surface area contributed by atoms with Gasteiger partial charge >= 0.3 is 0 Å². The summed E-state index contributed by atoms with van der Waals surface area (Å²) in [7, 11) is 0. The van der Waals surface area contributed by atoms with E-state index in [1.807, 2.05) is 6.07 Å². The topological polar surface area (TPSA) is 12.0 Å². The predicted octanol–water partition coefficient (Wildman–Crippen LogP) is 7.58. The van der Waals surface area contributed by atoms with E-state index in [4.69, 9.17) is 0 Å². The predicted molar refractivity (Wildman–Crippen MR) is 122 cm³/mol. The lowest BCUT2D eigenvalue weighted by Gasteiger charge is -2.11. The van der Waals surface area contributed by atoms with Gasteiger partial charge < -0.3 is 5.32 Å². The molecule has 0 saturated heterocycles. The monoisotopic (exact) mass is 361 g/mol. The number of aryl methyl sites for hydroxylation is 1. The Morgan fingerprint density at radius 1 is 0.607 bits per heavy atom. The van der Waals surface area contributed by atoms with Gasteiger partial charge in [0, 0.05) is 11.4 Å². The summed E-state index contributed by atoms with van der Waals surface area (Å²) in [6.45, 7) is 2.12. The molecule has 0 radical (unpaired) electrons. The van der Waals surface area contributed by atoms with Gasteiger partial charge in [0.1, 0.15) is 0 Å². The van der Waals surface area contributed by atoms with Crippen LogP contribution in [-0.2, 0) is 0 Å². The van der Waals surface area contributed by atoms with Crippen LogP contribution >= 0.6 is 0 Å². The van der Waals surface area contributed by atoms with E-state index in [0.29, 0.717) is 0 Å². The van der Waals surface area contributed by atoms with Crippen LogP contribution in [-0.4, -0.2) is 0 Å². The van der Waals surface area contributed by atoms with Crippen LogP contribution < -0.4 is 5.32 Å². The summed E-state index contributed by atoms with van der Waals surface area (Å²) in [5, 5.41) is 3.50. The van der Waals surface area contributed by atoms with Crippen molar-refractivity contribution in [2.45, 2.75) is 6.92 Å². The zero-order chi connectivity index (χ0) is 19.2. The minimum atomic E-state index is 1.09. The van der Waals surface area contributed by atoms with Gasteiger partial charge in [-0.1, -0.05) is 97.1 Å². The summed E-state index contributed by atoms with van der Waals surface area (Å²) in [5.41, 5.74) is 8.33. The number of anilines is 2. The maximum absolute atomic E-state index is 3.50. The minimum absolute atomic E-state index is 1.09. The Labute approximate surface area is 167 Å². The van der Waals surface area contributed by atoms with Gasteiger partial charge in [-0.3, -0.25) is 0 Å². The molecule has 0 bridgehead atoms. The fraction of sp³-hybridized carbons (Fsp3) is 0.0370. The second kappa shape index (κ2) is 8.41. The molecule has 4 rings (SSSR count). The second-order valence-electron chi connectivity index (χ2n) is 6.85. The molecule has 0 aliphatic heterocycles. The third-order valence-electron chi connectivity index (χ3n) is 4.84. The molecule has 0 spiro atoms. The highest BCUT2D eigenvalue weighted by atomic mass is 14.9. The SMILES string of the molecule is Cc1ccccc1Nc1ccc(-c2ccccc2C=Cc2ccccc2)cc1. The summed E-state index contributed by atoms with van der Waals surface area (Å²) in [5.74, 6) is 0. The molecule has 4 aromatic carbocycles. The molecule has 0 aliphatic carbocycles. The van der Waals surface area contributed by atoms with E-state index in [2.05, 4.69) is 121 Å². The van der Waals surface area contributed by atoms with Crippen molar-refractivity contribution < 1.29 is 0 Å². The van der Waals surface area contributed by atoms with Crippen LogP contribution in [0.25, 0.3) is 23.3 Å². The number of hydrogen-bond acceptors (Lipinski definition) is 1. The molecule has 0 atom stereocenters. The van der Waals surface area contributed by atoms with Gasteiger partial charge in [-0.05, 0) is 52.9 Å². The summed E-state index contributed by atoms with van der Waals surface area (Å²) in [6, 6.07) is 35.9. The Hall–Kier alpha value is -3.58. The number of rotatable bonds is 5. The molecule has 0 fully saturated rings. The average Bonchev–Trinajstić information content (AvgIpc) is 2.75. The van der Waals surface area contributed by atoms with Crippen molar-refractivity contribution >= 4 is 23.5 Å². The van der Waals surface area contributed by atoms with Crippen LogP contribution in [0.15, 0.2) is 103 Å². The molecule has 0 saturated carbocycles. The largest absolute Gasteiger partial charge is 0.355 e. The molecule has 4 aromatic rings. The first-order valence-electron chi connectivity index (χ1n) is 9.55. The number of hydrogen-bond donors (Lipinski definition) is 1. The van der Waals surface area contributed by atoms with Crippen molar-refractivity contribution in [3.8, 4) is 11.1 Å². The van der Waals surface area contributed by atoms with Gasteiger partial charge in [-0.25, -0.2) is 0 Å². The molecule has 28 heavy (non-hydrogen) atoms. The highest BCUT2D eigenvalue weighted by Crippen LogP contribution is 2.28. The van der Waals surface area contributed by atoms with Gasteiger partial charge in [-0.15, -0.1) is 0 Å². The van der Waals surface area contributed by atoms with Crippen LogP contribution in [0.5, 0.6) is 0 Å². The minimum Gasteiger partial charge on any atom is -0.355 e. The highest BCUT2D eigenvalue weighted by molar-refractivity contribution is 5.81. The normalized spacial score (nSPS) is 10.9. The lowest BCUT2D eigenvalue weighted by Crippen LogP contribution is -1.92. The molecule has 1 heteroatoms. The Balaban J connectivity index is 1.58. The van der Waals surface area contributed by atoms with Crippen LogP contribution in [0.3, 0.4) is 0 Å². The molecule has 136 valence electrons. The maximum atomic E-state index is 3.50. The second-order valence-corrected chi connectivity index (χ2v) is 6.85. The quantitative estimate of drug-likeness (QED) is 0.361. The Morgan fingerprint density at radius 3 is 2.07 bits per heavy atom. The van der Waals surface area contributed by atoms with Crippen LogP contribution in [0.1, 0.15) is 16.7 Å². The van der Waals surface area contributed by atoms with E-state index in [9.17, 15) is 0 Å². The van der Waals surface area contributed by atoms with E-state index < -0.39 is 0 Å². The maximum Gasteiger partial charge on any atom is 0.0413 e. The zero-order valence-corrected chi connectivity index (χ0v) is 16.0. The fourth-order valence-electron chi connectivity index (χ4n) is 3.26. The first kappa shape index (κ1) is 17.8.